The van der Waals surface area contributed by atoms with Crippen molar-refractivity contribution in [2.24, 2.45) is 5.92 Å². The van der Waals surface area contributed by atoms with Crippen LogP contribution in [0.15, 0.2) is 9.98 Å². The van der Waals surface area contributed by atoms with Crippen LogP contribution in [0.1, 0.15) is 32.6 Å². The third-order valence-electron chi connectivity index (χ3n) is 2.94. The second-order valence-electron chi connectivity index (χ2n) is 3.83. The SMILES string of the molecule is CCC(Nc1nc(Br)cs1)C1CCC1. The molecule has 0 bridgehead atoms. The summed E-state index contributed by atoms with van der Waals surface area (Å²) in [5.74, 6) is 0.877. The van der Waals surface area contributed by atoms with E-state index in [4.69, 9.17) is 0 Å². The van der Waals surface area contributed by atoms with Crippen molar-refractivity contribution in [3.05, 3.63) is 9.98 Å². The van der Waals surface area contributed by atoms with Gasteiger partial charge in [0.15, 0.2) is 5.13 Å². The number of aromatic nitrogens is 1. The van der Waals surface area contributed by atoms with Gasteiger partial charge >= 0.3 is 0 Å². The number of hydrogen-bond donors (Lipinski definition) is 1. The molecule has 0 aromatic carbocycles. The first kappa shape index (κ1) is 10.4. The zero-order valence-electron chi connectivity index (χ0n) is 8.29. The molecule has 0 radical (unpaired) electrons. The molecule has 1 unspecified atom stereocenters. The quantitative estimate of drug-likeness (QED) is 0.901. The van der Waals surface area contributed by atoms with E-state index in [1.165, 1.54) is 25.7 Å². The van der Waals surface area contributed by atoms with Crippen LogP contribution in [0.3, 0.4) is 0 Å². The first-order valence-electron chi connectivity index (χ1n) is 5.17. The average molecular weight is 275 g/mol. The molecule has 2 nitrogen and oxygen atoms in total. The van der Waals surface area contributed by atoms with Crippen molar-refractivity contribution in [3.8, 4) is 0 Å². The summed E-state index contributed by atoms with van der Waals surface area (Å²) in [7, 11) is 0. The molecule has 1 aromatic rings. The van der Waals surface area contributed by atoms with E-state index in [-0.39, 0.29) is 0 Å². The van der Waals surface area contributed by atoms with Crippen LogP contribution in [0.2, 0.25) is 0 Å². The van der Waals surface area contributed by atoms with Crippen LogP contribution in [0.5, 0.6) is 0 Å². The monoisotopic (exact) mass is 274 g/mol. The van der Waals surface area contributed by atoms with Gasteiger partial charge in [-0.1, -0.05) is 13.3 Å². The summed E-state index contributed by atoms with van der Waals surface area (Å²) in [5.41, 5.74) is 0. The Morgan fingerprint density at radius 3 is 2.93 bits per heavy atom. The Hall–Kier alpha value is -0.0900. The standard InChI is InChI=1S/C10H15BrN2S/c1-2-8(7-4-3-5-7)12-10-13-9(11)6-14-10/h6-8H,2-5H2,1H3,(H,12,13). The number of rotatable bonds is 4. The van der Waals surface area contributed by atoms with E-state index in [9.17, 15) is 0 Å². The molecule has 0 spiro atoms. The number of anilines is 1. The number of nitrogens with zero attached hydrogens (tertiary/aromatic N) is 1. The predicted octanol–water partition coefficient (Wildman–Crippen LogP) is 3.90. The number of thiazole rings is 1. The molecular formula is C10H15BrN2S. The second-order valence-corrected chi connectivity index (χ2v) is 5.50. The van der Waals surface area contributed by atoms with Gasteiger partial charge in [-0.25, -0.2) is 4.98 Å². The zero-order valence-corrected chi connectivity index (χ0v) is 10.7. The van der Waals surface area contributed by atoms with Gasteiger partial charge in [-0.2, -0.15) is 0 Å². The molecule has 1 heterocycles. The minimum absolute atomic E-state index is 0.627. The highest BCUT2D eigenvalue weighted by molar-refractivity contribution is 9.10. The van der Waals surface area contributed by atoms with Crippen LogP contribution in [-0.4, -0.2) is 11.0 Å². The summed E-state index contributed by atoms with van der Waals surface area (Å²) >= 11 is 5.05. The Balaban J connectivity index is 1.93. The minimum atomic E-state index is 0.627. The first-order valence-corrected chi connectivity index (χ1v) is 6.84. The summed E-state index contributed by atoms with van der Waals surface area (Å²) in [6.45, 7) is 2.25. The van der Waals surface area contributed by atoms with Crippen molar-refractivity contribution in [2.45, 2.75) is 38.6 Å². The van der Waals surface area contributed by atoms with Gasteiger partial charge in [0.25, 0.3) is 0 Å². The summed E-state index contributed by atoms with van der Waals surface area (Å²) in [4.78, 5) is 4.36. The van der Waals surface area contributed by atoms with Crippen LogP contribution in [-0.2, 0) is 0 Å². The van der Waals surface area contributed by atoms with Gasteiger partial charge < -0.3 is 5.32 Å². The van der Waals surface area contributed by atoms with Crippen LogP contribution in [0.25, 0.3) is 0 Å². The maximum absolute atomic E-state index is 4.36. The van der Waals surface area contributed by atoms with Gasteiger partial charge in [0.05, 0.1) is 0 Å². The van der Waals surface area contributed by atoms with Crippen molar-refractivity contribution < 1.29 is 0 Å². The lowest BCUT2D eigenvalue weighted by molar-refractivity contribution is 0.270. The third-order valence-corrected chi connectivity index (χ3v) is 4.43. The number of nitrogens with one attached hydrogen (secondary N) is 1. The fourth-order valence-corrected chi connectivity index (χ4v) is 3.08. The van der Waals surface area contributed by atoms with Crippen molar-refractivity contribution in [1.29, 1.82) is 0 Å². The summed E-state index contributed by atoms with van der Waals surface area (Å²) in [6, 6.07) is 0.627. The third kappa shape index (κ3) is 2.28. The summed E-state index contributed by atoms with van der Waals surface area (Å²) in [5, 5.41) is 6.60. The molecule has 1 saturated carbocycles. The van der Waals surface area contributed by atoms with Gasteiger partial charge in [-0.05, 0) is 41.1 Å². The van der Waals surface area contributed by atoms with Gasteiger partial charge in [0.2, 0.25) is 0 Å². The fraction of sp³-hybridized carbons (Fsp3) is 0.700. The van der Waals surface area contributed by atoms with Crippen molar-refractivity contribution in [1.82, 2.24) is 4.98 Å². The molecule has 78 valence electrons. The minimum Gasteiger partial charge on any atom is -0.358 e. The van der Waals surface area contributed by atoms with E-state index < -0.39 is 0 Å². The topological polar surface area (TPSA) is 24.9 Å². The van der Waals surface area contributed by atoms with Crippen molar-refractivity contribution >= 4 is 32.4 Å². The van der Waals surface area contributed by atoms with E-state index in [1.807, 2.05) is 5.38 Å². The van der Waals surface area contributed by atoms with Crippen LogP contribution in [0, 0.1) is 5.92 Å². The van der Waals surface area contributed by atoms with Gasteiger partial charge in [0, 0.05) is 11.4 Å². The number of halogens is 1. The first-order chi connectivity index (χ1) is 6.79. The van der Waals surface area contributed by atoms with E-state index >= 15 is 0 Å². The summed E-state index contributed by atoms with van der Waals surface area (Å²) in [6.07, 6.45) is 5.38. The summed E-state index contributed by atoms with van der Waals surface area (Å²) < 4.78 is 0.938. The maximum atomic E-state index is 4.36. The molecule has 4 heteroatoms. The Kier molecular flexibility index (Phi) is 3.44. The molecule has 1 aliphatic rings. The van der Waals surface area contributed by atoms with Gasteiger partial charge in [-0.15, -0.1) is 11.3 Å². The highest BCUT2D eigenvalue weighted by atomic mass is 79.9. The van der Waals surface area contributed by atoms with Crippen LogP contribution in [0.4, 0.5) is 5.13 Å². The molecule has 2 rings (SSSR count). The average Bonchev–Trinajstić information content (AvgIpc) is 2.47. The van der Waals surface area contributed by atoms with Crippen molar-refractivity contribution in [2.75, 3.05) is 5.32 Å². The van der Waals surface area contributed by atoms with Crippen molar-refractivity contribution in [3.63, 3.8) is 0 Å². The van der Waals surface area contributed by atoms with Crippen LogP contribution >= 0.6 is 27.3 Å². The molecule has 0 aliphatic heterocycles. The second kappa shape index (κ2) is 4.62. The predicted molar refractivity (Wildman–Crippen MR) is 64.9 cm³/mol. The van der Waals surface area contributed by atoms with E-state index in [2.05, 4.69) is 33.2 Å². The van der Waals surface area contributed by atoms with E-state index in [0.717, 1.165) is 15.7 Å². The zero-order chi connectivity index (χ0) is 9.97. The lowest BCUT2D eigenvalue weighted by atomic mass is 9.79. The highest BCUT2D eigenvalue weighted by Crippen LogP contribution is 2.33. The van der Waals surface area contributed by atoms with E-state index in [1.54, 1.807) is 11.3 Å². The van der Waals surface area contributed by atoms with Crippen LogP contribution < -0.4 is 5.32 Å². The smallest absolute Gasteiger partial charge is 0.183 e. The largest absolute Gasteiger partial charge is 0.358 e. The van der Waals surface area contributed by atoms with E-state index in [0.29, 0.717) is 6.04 Å². The normalized spacial score (nSPS) is 19.0. The molecule has 0 saturated heterocycles. The Morgan fingerprint density at radius 2 is 2.50 bits per heavy atom. The Labute approximate surface area is 97.3 Å². The maximum Gasteiger partial charge on any atom is 0.183 e. The number of hydrogen-bond acceptors (Lipinski definition) is 3. The molecule has 1 atom stereocenters. The fourth-order valence-electron chi connectivity index (χ4n) is 1.87. The van der Waals surface area contributed by atoms with Gasteiger partial charge in [-0.3, -0.25) is 0 Å². The van der Waals surface area contributed by atoms with Gasteiger partial charge in [0.1, 0.15) is 4.60 Å². The molecule has 1 aliphatic carbocycles. The highest BCUT2D eigenvalue weighted by Gasteiger charge is 2.26. The molecule has 1 N–H and O–H groups in total. The Morgan fingerprint density at radius 1 is 1.71 bits per heavy atom. The lowest BCUT2D eigenvalue weighted by Gasteiger charge is -2.33. The molecule has 14 heavy (non-hydrogen) atoms. The Bertz CT molecular complexity index is 296. The molecule has 1 fully saturated rings. The lowest BCUT2D eigenvalue weighted by Crippen LogP contribution is -2.32. The molecule has 1 aromatic heterocycles. The molecular weight excluding hydrogens is 260 g/mol. The molecule has 0 amide bonds.